The van der Waals surface area contributed by atoms with Crippen molar-refractivity contribution < 1.29 is 19.0 Å². The number of benzene rings is 1. The number of carbonyl (C=O) groups is 1. The zero-order chi connectivity index (χ0) is 18.0. The van der Waals surface area contributed by atoms with E-state index in [1.54, 1.807) is 13.8 Å². The summed E-state index contributed by atoms with van der Waals surface area (Å²) >= 11 is 3.48. The minimum absolute atomic E-state index is 0.123. The van der Waals surface area contributed by atoms with Crippen LogP contribution >= 0.6 is 15.9 Å². The Hall–Kier alpha value is -2.61. The summed E-state index contributed by atoms with van der Waals surface area (Å²) in [6.07, 6.45) is 3.06. The summed E-state index contributed by atoms with van der Waals surface area (Å²) in [4.78, 5) is 30.5. The van der Waals surface area contributed by atoms with Crippen LogP contribution in [0.25, 0.3) is 11.6 Å². The van der Waals surface area contributed by atoms with E-state index in [0.717, 1.165) is 10.0 Å². The Morgan fingerprint density at radius 2 is 2.12 bits per heavy atom. The van der Waals surface area contributed by atoms with Crippen LogP contribution in [-0.2, 0) is 4.74 Å². The average Bonchev–Trinajstić information content (AvgIpc) is 3.02. The van der Waals surface area contributed by atoms with E-state index in [1.165, 1.54) is 6.20 Å². The van der Waals surface area contributed by atoms with Crippen molar-refractivity contribution in [1.82, 2.24) is 9.97 Å². The van der Waals surface area contributed by atoms with Crippen LogP contribution in [0.5, 0.6) is 11.5 Å². The van der Waals surface area contributed by atoms with Gasteiger partial charge in [-0.2, -0.15) is 0 Å². The number of halogens is 1. The maximum atomic E-state index is 12.1. The summed E-state index contributed by atoms with van der Waals surface area (Å²) in [6.45, 7) is 3.86. The highest BCUT2D eigenvalue weighted by Gasteiger charge is 2.16. The third-order valence-corrected chi connectivity index (χ3v) is 4.22. The van der Waals surface area contributed by atoms with Crippen LogP contribution in [0.1, 0.15) is 35.6 Å². The standard InChI is InChI=1S/C17H15BrN2O5/c1-3-23-17(22)11-7-19-15(20-16(11)21)9(2)4-10-5-13-14(6-12(10)18)25-8-24-13/h4-7H,3,8H2,1-2H3,(H,19,20,21). The molecule has 0 spiro atoms. The van der Waals surface area contributed by atoms with Crippen LogP contribution in [0.3, 0.4) is 0 Å². The Bertz CT molecular complexity index is 920. The van der Waals surface area contributed by atoms with Crippen molar-refractivity contribution >= 4 is 33.5 Å². The number of fused-ring (bicyclic) bond motifs is 1. The van der Waals surface area contributed by atoms with E-state index in [1.807, 2.05) is 18.2 Å². The Morgan fingerprint density at radius 3 is 2.80 bits per heavy atom. The zero-order valence-corrected chi connectivity index (χ0v) is 15.2. The molecule has 1 aliphatic rings. The number of esters is 1. The number of H-pyrrole nitrogens is 1. The summed E-state index contributed by atoms with van der Waals surface area (Å²) in [6, 6.07) is 3.66. The molecular weight excluding hydrogens is 392 g/mol. The summed E-state index contributed by atoms with van der Waals surface area (Å²) < 4.78 is 16.3. The quantitative estimate of drug-likeness (QED) is 0.784. The van der Waals surface area contributed by atoms with Crippen LogP contribution in [0.15, 0.2) is 27.6 Å². The fourth-order valence-corrected chi connectivity index (χ4v) is 2.73. The van der Waals surface area contributed by atoms with Gasteiger partial charge in [0.25, 0.3) is 5.56 Å². The molecule has 130 valence electrons. The van der Waals surface area contributed by atoms with Gasteiger partial charge in [0.2, 0.25) is 6.79 Å². The van der Waals surface area contributed by atoms with Gasteiger partial charge in [0.05, 0.1) is 6.61 Å². The van der Waals surface area contributed by atoms with Gasteiger partial charge in [0.15, 0.2) is 11.5 Å². The number of hydrogen-bond acceptors (Lipinski definition) is 6. The second-order valence-corrected chi connectivity index (χ2v) is 6.10. The van der Waals surface area contributed by atoms with Gasteiger partial charge in [-0.3, -0.25) is 4.79 Å². The van der Waals surface area contributed by atoms with Crippen LogP contribution in [0, 0.1) is 0 Å². The first-order valence-corrected chi connectivity index (χ1v) is 8.33. The van der Waals surface area contributed by atoms with Gasteiger partial charge in [0, 0.05) is 10.7 Å². The first-order valence-electron chi connectivity index (χ1n) is 7.54. The summed E-state index contributed by atoms with van der Waals surface area (Å²) in [5.74, 6) is 0.999. The van der Waals surface area contributed by atoms with E-state index in [2.05, 4.69) is 25.9 Å². The molecule has 2 aromatic rings. The molecule has 0 aliphatic carbocycles. The van der Waals surface area contributed by atoms with Crippen molar-refractivity contribution in [2.75, 3.05) is 13.4 Å². The number of hydrogen-bond donors (Lipinski definition) is 1. The third kappa shape index (κ3) is 3.58. The highest BCUT2D eigenvalue weighted by atomic mass is 79.9. The van der Waals surface area contributed by atoms with E-state index in [0.29, 0.717) is 22.9 Å². The van der Waals surface area contributed by atoms with Gasteiger partial charge in [-0.15, -0.1) is 0 Å². The number of nitrogens with zero attached hydrogens (tertiary/aromatic N) is 1. The molecule has 0 saturated heterocycles. The molecule has 2 heterocycles. The predicted molar refractivity (Wildman–Crippen MR) is 94.6 cm³/mol. The van der Waals surface area contributed by atoms with Crippen molar-refractivity contribution in [1.29, 1.82) is 0 Å². The molecular formula is C17H15BrN2O5. The fourth-order valence-electron chi connectivity index (χ4n) is 2.29. The van der Waals surface area contributed by atoms with Crippen molar-refractivity contribution in [3.63, 3.8) is 0 Å². The van der Waals surface area contributed by atoms with Crippen LogP contribution < -0.4 is 15.0 Å². The van der Waals surface area contributed by atoms with Gasteiger partial charge >= 0.3 is 5.97 Å². The topological polar surface area (TPSA) is 90.5 Å². The molecule has 8 heteroatoms. The number of allylic oxidation sites excluding steroid dienone is 1. The fraction of sp³-hybridized carbons (Fsp3) is 0.235. The summed E-state index contributed by atoms with van der Waals surface area (Å²) in [5.41, 5.74) is 0.898. The summed E-state index contributed by atoms with van der Waals surface area (Å²) in [5, 5.41) is 0. The predicted octanol–water partition coefficient (Wildman–Crippen LogP) is 3.00. The van der Waals surface area contributed by atoms with Crippen LogP contribution in [0.4, 0.5) is 0 Å². The molecule has 0 bridgehead atoms. The SMILES string of the molecule is CCOC(=O)c1cnc(C(C)=Cc2cc3c(cc2Br)OCO3)[nH]c1=O. The minimum Gasteiger partial charge on any atom is -0.462 e. The minimum atomic E-state index is -0.692. The number of aromatic amines is 1. The molecule has 0 fully saturated rings. The van der Waals surface area contributed by atoms with E-state index < -0.39 is 11.5 Å². The Kier molecular flexibility index (Phi) is 4.89. The van der Waals surface area contributed by atoms with Gasteiger partial charge in [-0.25, -0.2) is 9.78 Å². The number of aromatic nitrogens is 2. The molecule has 25 heavy (non-hydrogen) atoms. The Morgan fingerprint density at radius 1 is 1.40 bits per heavy atom. The first-order chi connectivity index (χ1) is 12.0. The lowest BCUT2D eigenvalue weighted by atomic mass is 10.1. The zero-order valence-electron chi connectivity index (χ0n) is 13.6. The van der Waals surface area contributed by atoms with E-state index >= 15 is 0 Å². The molecule has 0 unspecified atom stereocenters. The number of carbonyl (C=O) groups excluding carboxylic acids is 1. The van der Waals surface area contributed by atoms with Crippen molar-refractivity contribution in [3.05, 3.63) is 50.1 Å². The maximum absolute atomic E-state index is 12.1. The molecule has 0 radical (unpaired) electrons. The van der Waals surface area contributed by atoms with Crippen LogP contribution in [0.2, 0.25) is 0 Å². The second kappa shape index (κ2) is 7.10. The first kappa shape index (κ1) is 17.2. The largest absolute Gasteiger partial charge is 0.462 e. The number of ether oxygens (including phenoxy) is 3. The van der Waals surface area contributed by atoms with Gasteiger partial charge < -0.3 is 19.2 Å². The lowest BCUT2D eigenvalue weighted by Crippen LogP contribution is -2.21. The Balaban J connectivity index is 1.92. The highest BCUT2D eigenvalue weighted by Crippen LogP contribution is 2.38. The molecule has 1 N–H and O–H groups in total. The summed E-state index contributed by atoms with van der Waals surface area (Å²) in [7, 11) is 0. The molecule has 0 atom stereocenters. The van der Waals surface area contributed by atoms with Crippen molar-refractivity contribution in [2.24, 2.45) is 0 Å². The molecule has 7 nitrogen and oxygen atoms in total. The van der Waals surface area contributed by atoms with Crippen LogP contribution in [-0.4, -0.2) is 29.3 Å². The van der Waals surface area contributed by atoms with E-state index in [-0.39, 0.29) is 19.0 Å². The van der Waals surface area contributed by atoms with E-state index in [4.69, 9.17) is 14.2 Å². The lowest BCUT2D eigenvalue weighted by molar-refractivity contribution is 0.0523. The van der Waals surface area contributed by atoms with Gasteiger partial charge in [-0.05, 0) is 43.2 Å². The monoisotopic (exact) mass is 406 g/mol. The average molecular weight is 407 g/mol. The second-order valence-electron chi connectivity index (χ2n) is 5.25. The third-order valence-electron chi connectivity index (χ3n) is 3.53. The maximum Gasteiger partial charge on any atom is 0.345 e. The van der Waals surface area contributed by atoms with Gasteiger partial charge in [0.1, 0.15) is 11.4 Å². The number of rotatable bonds is 4. The highest BCUT2D eigenvalue weighted by molar-refractivity contribution is 9.10. The molecule has 1 aromatic carbocycles. The normalized spacial score (nSPS) is 13.0. The Labute approximate surface area is 151 Å². The molecule has 3 rings (SSSR count). The lowest BCUT2D eigenvalue weighted by Gasteiger charge is -2.06. The van der Waals surface area contributed by atoms with Crippen molar-refractivity contribution in [2.45, 2.75) is 13.8 Å². The van der Waals surface area contributed by atoms with Crippen molar-refractivity contribution in [3.8, 4) is 11.5 Å². The smallest absolute Gasteiger partial charge is 0.345 e. The van der Waals surface area contributed by atoms with Gasteiger partial charge in [-0.1, -0.05) is 15.9 Å². The molecule has 0 amide bonds. The molecule has 1 aliphatic heterocycles. The molecule has 1 aromatic heterocycles. The molecule has 0 saturated carbocycles. The van der Waals surface area contributed by atoms with E-state index in [9.17, 15) is 9.59 Å². The number of nitrogens with one attached hydrogen (secondary N) is 1.